The minimum Gasteiger partial charge on any atom is -0.261 e. The zero-order valence-electron chi connectivity index (χ0n) is 16.6. The highest BCUT2D eigenvalue weighted by atomic mass is 28.3. The molecule has 1 aliphatic carbocycles. The SMILES string of the molecule is CC1(C)c2c(ccc3ccccc23)-c2nccc3cc([Si](C)(C)C)nc1c23. The molecule has 27 heavy (non-hydrogen) atoms. The second-order valence-corrected chi connectivity index (χ2v) is 14.2. The first kappa shape index (κ1) is 16.6. The highest BCUT2D eigenvalue weighted by molar-refractivity contribution is 6.88. The third-order valence-corrected chi connectivity index (χ3v) is 7.71. The van der Waals surface area contributed by atoms with Crippen molar-refractivity contribution in [1.82, 2.24) is 9.97 Å². The summed E-state index contributed by atoms with van der Waals surface area (Å²) >= 11 is 0. The Hall–Kier alpha value is -2.52. The van der Waals surface area contributed by atoms with Gasteiger partial charge in [0.15, 0.2) is 0 Å². The van der Waals surface area contributed by atoms with Crippen LogP contribution in [0.4, 0.5) is 0 Å². The summed E-state index contributed by atoms with van der Waals surface area (Å²) in [6.07, 6.45) is 1.95. The van der Waals surface area contributed by atoms with Crippen LogP contribution < -0.4 is 5.32 Å². The summed E-state index contributed by atoms with van der Waals surface area (Å²) in [6, 6.07) is 17.6. The second kappa shape index (κ2) is 5.26. The van der Waals surface area contributed by atoms with Crippen molar-refractivity contribution in [1.29, 1.82) is 0 Å². The van der Waals surface area contributed by atoms with Gasteiger partial charge in [0.25, 0.3) is 0 Å². The molecular weight excluding hydrogens is 344 g/mol. The van der Waals surface area contributed by atoms with E-state index in [9.17, 15) is 0 Å². The quantitative estimate of drug-likeness (QED) is 0.407. The molecule has 2 aromatic carbocycles. The molecule has 0 amide bonds. The summed E-state index contributed by atoms with van der Waals surface area (Å²) in [6.45, 7) is 11.8. The van der Waals surface area contributed by atoms with Crippen molar-refractivity contribution in [3.8, 4) is 11.3 Å². The topological polar surface area (TPSA) is 25.8 Å². The monoisotopic (exact) mass is 368 g/mol. The Kier molecular flexibility index (Phi) is 3.24. The van der Waals surface area contributed by atoms with Gasteiger partial charge in [-0.05, 0) is 33.9 Å². The minimum atomic E-state index is -1.53. The van der Waals surface area contributed by atoms with Crippen LogP contribution in [0.2, 0.25) is 19.6 Å². The standard InChI is InChI=1S/C24H24N2Si/c1-24(2)21-17-9-7-6-8-15(17)10-11-18(21)22-20-16(12-13-25-22)14-19(26-23(20)24)27(3,4)5/h6-14H,1-5H3. The van der Waals surface area contributed by atoms with Crippen molar-refractivity contribution < 1.29 is 0 Å². The van der Waals surface area contributed by atoms with E-state index in [1.165, 1.54) is 43.7 Å². The van der Waals surface area contributed by atoms with E-state index in [-0.39, 0.29) is 5.41 Å². The number of nitrogens with zero attached hydrogens (tertiary/aromatic N) is 2. The van der Waals surface area contributed by atoms with Crippen molar-refractivity contribution in [2.75, 3.05) is 0 Å². The van der Waals surface area contributed by atoms with Crippen LogP contribution in [0, 0.1) is 0 Å². The fourth-order valence-corrected chi connectivity index (χ4v) is 5.54. The van der Waals surface area contributed by atoms with Crippen LogP contribution in [0.5, 0.6) is 0 Å². The fraction of sp³-hybridized carbons (Fsp3) is 0.250. The van der Waals surface area contributed by atoms with Crippen molar-refractivity contribution >= 4 is 34.9 Å². The summed E-state index contributed by atoms with van der Waals surface area (Å²) in [5.74, 6) is 0. The van der Waals surface area contributed by atoms with Crippen molar-refractivity contribution in [3.05, 3.63) is 66.0 Å². The molecule has 0 aliphatic heterocycles. The number of aromatic nitrogens is 2. The molecule has 0 N–H and O–H groups in total. The maximum atomic E-state index is 5.28. The summed E-state index contributed by atoms with van der Waals surface area (Å²) in [7, 11) is -1.53. The molecule has 0 fully saturated rings. The molecule has 0 atom stereocenters. The van der Waals surface area contributed by atoms with E-state index >= 15 is 0 Å². The first-order valence-electron chi connectivity index (χ1n) is 9.62. The molecule has 134 valence electrons. The first-order chi connectivity index (χ1) is 12.8. The van der Waals surface area contributed by atoms with E-state index in [0.717, 1.165) is 5.69 Å². The molecule has 1 aliphatic rings. The summed E-state index contributed by atoms with van der Waals surface area (Å²) in [4.78, 5) is 10.1. The average Bonchev–Trinajstić information content (AvgIpc) is 2.64. The second-order valence-electron chi connectivity index (χ2n) is 9.20. The van der Waals surface area contributed by atoms with Gasteiger partial charge in [0.1, 0.15) is 8.07 Å². The molecule has 4 aromatic rings. The number of rotatable bonds is 1. The van der Waals surface area contributed by atoms with Crippen LogP contribution in [0.3, 0.4) is 0 Å². The van der Waals surface area contributed by atoms with Gasteiger partial charge >= 0.3 is 0 Å². The Labute approximate surface area is 161 Å². The van der Waals surface area contributed by atoms with E-state index in [1.54, 1.807) is 0 Å². The fourth-order valence-electron chi connectivity index (χ4n) is 4.50. The summed E-state index contributed by atoms with van der Waals surface area (Å²) < 4.78 is 0. The van der Waals surface area contributed by atoms with Gasteiger partial charge in [0.2, 0.25) is 0 Å². The van der Waals surface area contributed by atoms with Crippen LogP contribution in [0.25, 0.3) is 32.8 Å². The van der Waals surface area contributed by atoms with Crippen LogP contribution >= 0.6 is 0 Å². The Morgan fingerprint density at radius 3 is 2.44 bits per heavy atom. The van der Waals surface area contributed by atoms with E-state index in [4.69, 9.17) is 9.97 Å². The zero-order valence-corrected chi connectivity index (χ0v) is 17.6. The van der Waals surface area contributed by atoms with Crippen LogP contribution in [-0.4, -0.2) is 18.0 Å². The molecule has 2 aromatic heterocycles. The number of pyridine rings is 2. The molecule has 0 spiro atoms. The van der Waals surface area contributed by atoms with Gasteiger partial charge in [-0.2, -0.15) is 0 Å². The highest BCUT2D eigenvalue weighted by Crippen LogP contribution is 2.49. The maximum absolute atomic E-state index is 5.28. The molecular formula is C24H24N2Si. The Morgan fingerprint density at radius 2 is 1.67 bits per heavy atom. The van der Waals surface area contributed by atoms with Gasteiger partial charge in [-0.15, -0.1) is 0 Å². The molecule has 0 unspecified atom stereocenters. The smallest absolute Gasteiger partial charge is 0.101 e. The molecule has 0 saturated carbocycles. The molecule has 5 rings (SSSR count). The lowest BCUT2D eigenvalue weighted by atomic mass is 9.70. The largest absolute Gasteiger partial charge is 0.261 e. The van der Waals surface area contributed by atoms with E-state index in [2.05, 4.69) is 82.0 Å². The van der Waals surface area contributed by atoms with Gasteiger partial charge in [0.05, 0.1) is 11.4 Å². The zero-order chi connectivity index (χ0) is 19.0. The summed E-state index contributed by atoms with van der Waals surface area (Å²) in [5.41, 5.74) is 4.70. The predicted molar refractivity (Wildman–Crippen MR) is 118 cm³/mol. The van der Waals surface area contributed by atoms with Gasteiger partial charge in [0, 0.05) is 27.9 Å². The maximum Gasteiger partial charge on any atom is 0.101 e. The molecule has 0 saturated heterocycles. The molecule has 2 heterocycles. The van der Waals surface area contributed by atoms with Crippen LogP contribution in [-0.2, 0) is 5.41 Å². The van der Waals surface area contributed by atoms with E-state index in [0.29, 0.717) is 0 Å². The normalized spacial score (nSPS) is 15.1. The van der Waals surface area contributed by atoms with Gasteiger partial charge in [-0.25, -0.2) is 0 Å². The van der Waals surface area contributed by atoms with Gasteiger partial charge in [-0.3, -0.25) is 9.97 Å². The molecule has 0 bridgehead atoms. The number of hydrogen-bond donors (Lipinski definition) is 0. The number of hydrogen-bond acceptors (Lipinski definition) is 2. The average molecular weight is 369 g/mol. The van der Waals surface area contributed by atoms with Crippen LogP contribution in [0.1, 0.15) is 25.1 Å². The molecule has 2 nitrogen and oxygen atoms in total. The Bertz CT molecular complexity index is 1230. The third-order valence-electron chi connectivity index (χ3n) is 5.91. The first-order valence-corrected chi connectivity index (χ1v) is 13.1. The lowest BCUT2D eigenvalue weighted by Gasteiger charge is -2.35. The lowest BCUT2D eigenvalue weighted by Crippen LogP contribution is -2.42. The lowest BCUT2D eigenvalue weighted by molar-refractivity contribution is 0.628. The van der Waals surface area contributed by atoms with Crippen molar-refractivity contribution in [3.63, 3.8) is 0 Å². The van der Waals surface area contributed by atoms with Crippen LogP contribution in [0.15, 0.2) is 54.7 Å². The van der Waals surface area contributed by atoms with E-state index in [1.807, 2.05) is 6.20 Å². The Morgan fingerprint density at radius 1 is 0.889 bits per heavy atom. The third kappa shape index (κ3) is 2.24. The number of benzene rings is 2. The van der Waals surface area contributed by atoms with E-state index < -0.39 is 8.07 Å². The molecule has 3 heteroatoms. The summed E-state index contributed by atoms with van der Waals surface area (Å²) in [5, 5.41) is 6.37. The predicted octanol–water partition coefficient (Wildman–Crippen LogP) is 5.63. The van der Waals surface area contributed by atoms with Crippen molar-refractivity contribution in [2.45, 2.75) is 38.9 Å². The van der Waals surface area contributed by atoms with Crippen molar-refractivity contribution in [2.24, 2.45) is 0 Å². The molecule has 0 radical (unpaired) electrons. The highest BCUT2D eigenvalue weighted by Gasteiger charge is 2.38. The van der Waals surface area contributed by atoms with Gasteiger partial charge in [-0.1, -0.05) is 69.9 Å². The van der Waals surface area contributed by atoms with Gasteiger partial charge < -0.3 is 0 Å². The number of fused-ring (bicyclic) bond motifs is 4. The minimum absolute atomic E-state index is 0.167. The Balaban J connectivity index is 1.99.